The molecule has 0 unspecified atom stereocenters. The van der Waals surface area contributed by atoms with Gasteiger partial charge in [-0.3, -0.25) is 9.48 Å². The summed E-state index contributed by atoms with van der Waals surface area (Å²) in [6.45, 7) is 0. The van der Waals surface area contributed by atoms with Gasteiger partial charge in [0.05, 0.1) is 16.9 Å². The van der Waals surface area contributed by atoms with Crippen LogP contribution in [0, 0.1) is 0 Å². The van der Waals surface area contributed by atoms with Crippen molar-refractivity contribution in [3.05, 3.63) is 40.1 Å². The van der Waals surface area contributed by atoms with Gasteiger partial charge in [-0.2, -0.15) is 10.2 Å². The summed E-state index contributed by atoms with van der Waals surface area (Å²) in [7, 11) is 1.63. The Morgan fingerprint density at radius 2 is 2.25 bits per heavy atom. The van der Waals surface area contributed by atoms with E-state index in [0.29, 0.717) is 15.7 Å². The summed E-state index contributed by atoms with van der Waals surface area (Å²) in [6, 6.07) is 4.06. The highest BCUT2D eigenvalue weighted by atomic mass is 79.9. The largest absolute Gasteiger partial charge is 0.508 e. The number of aromatic hydroxyl groups is 2. The quantitative estimate of drug-likeness (QED) is 0.581. The zero-order valence-electron chi connectivity index (χ0n) is 10.4. The van der Waals surface area contributed by atoms with Crippen molar-refractivity contribution in [1.82, 2.24) is 15.2 Å². The first-order valence-corrected chi connectivity index (χ1v) is 6.31. The van der Waals surface area contributed by atoms with Crippen molar-refractivity contribution in [3.8, 4) is 11.5 Å². The first-order chi connectivity index (χ1) is 9.49. The number of halogens is 1. The molecule has 8 heteroatoms. The molecule has 104 valence electrons. The Morgan fingerprint density at radius 3 is 2.85 bits per heavy atom. The molecule has 0 aliphatic rings. The van der Waals surface area contributed by atoms with Gasteiger partial charge in [-0.05, 0) is 28.1 Å². The molecular formula is C12H11BrN4O3. The average molecular weight is 339 g/mol. The fourth-order valence-corrected chi connectivity index (χ4v) is 2.05. The molecule has 0 spiro atoms. The second-order valence-electron chi connectivity index (χ2n) is 3.91. The van der Waals surface area contributed by atoms with Crippen molar-refractivity contribution in [1.29, 1.82) is 0 Å². The van der Waals surface area contributed by atoms with Crippen LogP contribution in [-0.2, 0) is 7.05 Å². The lowest BCUT2D eigenvalue weighted by Crippen LogP contribution is -2.21. The first-order valence-electron chi connectivity index (χ1n) is 5.52. The van der Waals surface area contributed by atoms with Crippen LogP contribution in [0.1, 0.15) is 16.1 Å². The van der Waals surface area contributed by atoms with Gasteiger partial charge in [-0.15, -0.1) is 0 Å². The molecule has 2 aromatic rings. The average Bonchev–Trinajstić information content (AvgIpc) is 2.71. The standard InChI is InChI=1S/C12H11BrN4O3/c1-17-11(9(13)6-15-17)12(20)16-14-5-7-2-3-8(18)4-10(7)19/h2-6,18-19H,1H3,(H,16,20)/b14-5+. The third-order valence-electron chi connectivity index (χ3n) is 2.49. The number of aryl methyl sites for hydroxylation is 1. The number of carbonyl (C=O) groups excluding carboxylic acids is 1. The summed E-state index contributed by atoms with van der Waals surface area (Å²) >= 11 is 3.21. The Bertz CT molecular complexity index is 662. The van der Waals surface area contributed by atoms with E-state index in [4.69, 9.17) is 5.11 Å². The second kappa shape index (κ2) is 5.74. The molecule has 1 aromatic heterocycles. The molecule has 0 bridgehead atoms. The molecule has 0 fully saturated rings. The predicted octanol–water partition coefficient (Wildman–Crippen LogP) is 1.36. The van der Waals surface area contributed by atoms with E-state index in [1.165, 1.54) is 35.3 Å². The maximum Gasteiger partial charge on any atom is 0.290 e. The Morgan fingerprint density at radius 1 is 1.50 bits per heavy atom. The third-order valence-corrected chi connectivity index (χ3v) is 3.07. The number of rotatable bonds is 3. The van der Waals surface area contributed by atoms with E-state index in [1.54, 1.807) is 7.05 Å². The zero-order valence-corrected chi connectivity index (χ0v) is 12.0. The highest BCUT2D eigenvalue weighted by Gasteiger charge is 2.14. The molecule has 0 atom stereocenters. The highest BCUT2D eigenvalue weighted by molar-refractivity contribution is 9.10. The number of amides is 1. The van der Waals surface area contributed by atoms with Crippen molar-refractivity contribution in [3.63, 3.8) is 0 Å². The van der Waals surface area contributed by atoms with E-state index in [1.807, 2.05) is 0 Å². The van der Waals surface area contributed by atoms with E-state index in [0.717, 1.165) is 0 Å². The number of benzene rings is 1. The van der Waals surface area contributed by atoms with Crippen molar-refractivity contribution >= 4 is 28.1 Å². The van der Waals surface area contributed by atoms with Gasteiger partial charge in [0.2, 0.25) is 0 Å². The van der Waals surface area contributed by atoms with Gasteiger partial charge >= 0.3 is 0 Å². The number of aromatic nitrogens is 2. The summed E-state index contributed by atoms with van der Waals surface area (Å²) in [4.78, 5) is 11.9. The normalized spacial score (nSPS) is 10.9. The van der Waals surface area contributed by atoms with Gasteiger partial charge in [0.15, 0.2) is 0 Å². The third kappa shape index (κ3) is 2.97. The Hall–Kier alpha value is -2.35. The molecule has 0 aliphatic carbocycles. The first kappa shape index (κ1) is 14.1. The lowest BCUT2D eigenvalue weighted by molar-refractivity contribution is 0.0945. The molecule has 1 amide bonds. The number of carbonyl (C=O) groups is 1. The molecule has 1 heterocycles. The van der Waals surface area contributed by atoms with E-state index >= 15 is 0 Å². The number of hydrogen-bond acceptors (Lipinski definition) is 5. The van der Waals surface area contributed by atoms with Crippen molar-refractivity contribution in [2.24, 2.45) is 12.1 Å². The second-order valence-corrected chi connectivity index (χ2v) is 4.76. The van der Waals surface area contributed by atoms with Crippen LogP contribution >= 0.6 is 15.9 Å². The van der Waals surface area contributed by atoms with Crippen LogP contribution in [0.2, 0.25) is 0 Å². The number of hydrogen-bond donors (Lipinski definition) is 3. The Kier molecular flexibility index (Phi) is 4.04. The van der Waals surface area contributed by atoms with Gasteiger partial charge in [0.1, 0.15) is 17.2 Å². The highest BCUT2D eigenvalue weighted by Crippen LogP contribution is 2.20. The van der Waals surface area contributed by atoms with Crippen molar-refractivity contribution < 1.29 is 15.0 Å². The molecule has 0 aliphatic heterocycles. The van der Waals surface area contributed by atoms with Crippen LogP contribution in [0.4, 0.5) is 0 Å². The molecule has 7 nitrogen and oxygen atoms in total. The van der Waals surface area contributed by atoms with Gasteiger partial charge in [-0.25, -0.2) is 5.43 Å². The molecular weight excluding hydrogens is 328 g/mol. The van der Waals surface area contributed by atoms with E-state index in [-0.39, 0.29) is 11.5 Å². The van der Waals surface area contributed by atoms with E-state index in [9.17, 15) is 9.90 Å². The van der Waals surface area contributed by atoms with Crippen LogP contribution in [-0.4, -0.2) is 32.1 Å². The van der Waals surface area contributed by atoms with Crippen LogP contribution < -0.4 is 5.43 Å². The summed E-state index contributed by atoms with van der Waals surface area (Å²) in [5, 5.41) is 26.3. The van der Waals surface area contributed by atoms with E-state index < -0.39 is 5.91 Å². The Labute approximate surface area is 122 Å². The van der Waals surface area contributed by atoms with Gasteiger partial charge in [-0.1, -0.05) is 0 Å². The zero-order chi connectivity index (χ0) is 14.7. The molecule has 20 heavy (non-hydrogen) atoms. The van der Waals surface area contributed by atoms with Crippen LogP contribution in [0.15, 0.2) is 34.0 Å². The molecule has 0 saturated heterocycles. The summed E-state index contributed by atoms with van der Waals surface area (Å²) in [6.07, 6.45) is 2.78. The fourth-order valence-electron chi connectivity index (χ4n) is 1.52. The fraction of sp³-hybridized carbons (Fsp3) is 0.0833. The minimum atomic E-state index is -0.439. The van der Waals surface area contributed by atoms with Gasteiger partial charge in [0, 0.05) is 18.7 Å². The maximum atomic E-state index is 11.9. The van der Waals surface area contributed by atoms with E-state index in [2.05, 4.69) is 31.6 Å². The minimum absolute atomic E-state index is 0.0532. The SMILES string of the molecule is Cn1ncc(Br)c1C(=O)N/N=C/c1ccc(O)cc1O. The predicted molar refractivity (Wildman–Crippen MR) is 75.7 cm³/mol. The maximum absolute atomic E-state index is 11.9. The van der Waals surface area contributed by atoms with Crippen LogP contribution in [0.25, 0.3) is 0 Å². The van der Waals surface area contributed by atoms with Gasteiger partial charge < -0.3 is 10.2 Å². The van der Waals surface area contributed by atoms with Gasteiger partial charge in [0.25, 0.3) is 5.91 Å². The molecule has 3 N–H and O–H groups in total. The number of phenols is 2. The van der Waals surface area contributed by atoms with Crippen molar-refractivity contribution in [2.75, 3.05) is 0 Å². The number of phenolic OH excluding ortho intramolecular Hbond substituents is 2. The smallest absolute Gasteiger partial charge is 0.290 e. The Balaban J connectivity index is 2.09. The molecule has 0 radical (unpaired) electrons. The lowest BCUT2D eigenvalue weighted by atomic mass is 10.2. The topological polar surface area (TPSA) is 99.7 Å². The van der Waals surface area contributed by atoms with Crippen LogP contribution in [0.5, 0.6) is 11.5 Å². The van der Waals surface area contributed by atoms with Crippen molar-refractivity contribution in [2.45, 2.75) is 0 Å². The molecule has 0 saturated carbocycles. The number of nitrogens with one attached hydrogen (secondary N) is 1. The minimum Gasteiger partial charge on any atom is -0.508 e. The monoisotopic (exact) mass is 338 g/mol. The molecule has 1 aromatic carbocycles. The number of hydrazone groups is 1. The lowest BCUT2D eigenvalue weighted by Gasteiger charge is -2.02. The van der Waals surface area contributed by atoms with Crippen LogP contribution in [0.3, 0.4) is 0 Å². The molecule has 2 rings (SSSR count). The number of nitrogens with zero attached hydrogens (tertiary/aromatic N) is 3. The summed E-state index contributed by atoms with van der Waals surface area (Å²) in [5.74, 6) is -0.626. The summed E-state index contributed by atoms with van der Waals surface area (Å²) < 4.78 is 1.97. The summed E-state index contributed by atoms with van der Waals surface area (Å²) in [5.41, 5.74) is 3.02.